The first-order valence-electron chi connectivity index (χ1n) is 7.22. The van der Waals surface area contributed by atoms with Gasteiger partial charge in [0.25, 0.3) is 0 Å². The van der Waals surface area contributed by atoms with Gasteiger partial charge in [-0.1, -0.05) is 34.1 Å². The van der Waals surface area contributed by atoms with Crippen molar-refractivity contribution < 1.29 is 0 Å². The average molecular weight is 223 g/mol. The molecule has 1 nitrogen and oxygen atoms in total. The molecule has 0 radical (unpaired) electrons. The second kappa shape index (κ2) is 4.68. The molecule has 2 aliphatic rings. The highest BCUT2D eigenvalue weighted by molar-refractivity contribution is 4.96. The van der Waals surface area contributed by atoms with Crippen molar-refractivity contribution in [3.05, 3.63) is 0 Å². The molecule has 16 heavy (non-hydrogen) atoms. The van der Waals surface area contributed by atoms with E-state index in [4.69, 9.17) is 0 Å². The van der Waals surface area contributed by atoms with Gasteiger partial charge in [0, 0.05) is 12.6 Å². The zero-order valence-corrected chi connectivity index (χ0v) is 11.7. The second-order valence-electron chi connectivity index (χ2n) is 6.76. The summed E-state index contributed by atoms with van der Waals surface area (Å²) in [5, 5.41) is 0. The number of likely N-dealkylation sites (tertiary alicyclic amines) is 1. The molecule has 0 spiro atoms. The van der Waals surface area contributed by atoms with Crippen LogP contribution in [0.4, 0.5) is 0 Å². The van der Waals surface area contributed by atoms with E-state index in [9.17, 15) is 0 Å². The Morgan fingerprint density at radius 2 is 1.88 bits per heavy atom. The molecule has 0 aromatic rings. The maximum Gasteiger partial charge on any atom is 0.0130 e. The lowest BCUT2D eigenvalue weighted by atomic mass is 9.87. The van der Waals surface area contributed by atoms with Crippen molar-refractivity contribution in [3.63, 3.8) is 0 Å². The van der Waals surface area contributed by atoms with E-state index < -0.39 is 0 Å². The minimum atomic E-state index is 0.895. The van der Waals surface area contributed by atoms with Crippen LogP contribution in [0.3, 0.4) is 0 Å². The fourth-order valence-electron chi connectivity index (χ4n) is 4.21. The fourth-order valence-corrected chi connectivity index (χ4v) is 4.21. The molecule has 2 rings (SSSR count). The molecule has 1 saturated heterocycles. The fraction of sp³-hybridized carbons (Fsp3) is 1.00. The van der Waals surface area contributed by atoms with Gasteiger partial charge in [-0.25, -0.2) is 0 Å². The van der Waals surface area contributed by atoms with Crippen LogP contribution in [0.25, 0.3) is 0 Å². The van der Waals surface area contributed by atoms with Gasteiger partial charge in [-0.15, -0.1) is 0 Å². The lowest BCUT2D eigenvalue weighted by Gasteiger charge is -2.44. The zero-order chi connectivity index (χ0) is 11.9. The van der Waals surface area contributed by atoms with Gasteiger partial charge in [0.05, 0.1) is 0 Å². The quantitative estimate of drug-likeness (QED) is 0.688. The van der Waals surface area contributed by atoms with Crippen LogP contribution in [0.5, 0.6) is 0 Å². The highest BCUT2D eigenvalue weighted by Gasteiger charge is 2.47. The summed E-state index contributed by atoms with van der Waals surface area (Å²) < 4.78 is 0. The molecule has 1 heteroatoms. The van der Waals surface area contributed by atoms with E-state index in [0.717, 1.165) is 35.6 Å². The van der Waals surface area contributed by atoms with Crippen LogP contribution in [0.15, 0.2) is 0 Å². The van der Waals surface area contributed by atoms with E-state index in [2.05, 4.69) is 39.6 Å². The molecule has 5 unspecified atom stereocenters. The predicted molar refractivity (Wildman–Crippen MR) is 70.4 cm³/mol. The third-order valence-corrected chi connectivity index (χ3v) is 5.24. The summed E-state index contributed by atoms with van der Waals surface area (Å²) in [6.07, 6.45) is 4.38. The van der Waals surface area contributed by atoms with E-state index in [-0.39, 0.29) is 0 Å². The SMILES string of the molecule is CC(C)C1C(C)C1CCCC1C(C)CN1C. The van der Waals surface area contributed by atoms with Crippen LogP contribution < -0.4 is 0 Å². The van der Waals surface area contributed by atoms with Gasteiger partial charge in [0.1, 0.15) is 0 Å². The Balaban J connectivity index is 1.62. The van der Waals surface area contributed by atoms with Crippen molar-refractivity contribution in [2.45, 2.75) is 53.0 Å². The molecule has 94 valence electrons. The molecule has 0 bridgehead atoms. The minimum Gasteiger partial charge on any atom is -0.303 e. The first kappa shape index (κ1) is 12.4. The summed E-state index contributed by atoms with van der Waals surface area (Å²) in [5.41, 5.74) is 0. The molecular weight excluding hydrogens is 194 g/mol. The van der Waals surface area contributed by atoms with Gasteiger partial charge in [-0.2, -0.15) is 0 Å². The Hall–Kier alpha value is -0.0400. The Morgan fingerprint density at radius 1 is 1.19 bits per heavy atom. The summed E-state index contributed by atoms with van der Waals surface area (Å²) in [6, 6.07) is 0.895. The number of hydrogen-bond acceptors (Lipinski definition) is 1. The van der Waals surface area contributed by atoms with E-state index in [1.807, 2.05) is 0 Å². The van der Waals surface area contributed by atoms with E-state index in [1.165, 1.54) is 25.8 Å². The molecular formula is C15H29N. The molecule has 0 aromatic heterocycles. The lowest BCUT2D eigenvalue weighted by molar-refractivity contribution is 0.0450. The maximum atomic E-state index is 2.53. The Bertz CT molecular complexity index is 228. The van der Waals surface area contributed by atoms with Crippen molar-refractivity contribution in [2.75, 3.05) is 13.6 Å². The molecule has 1 saturated carbocycles. The molecule has 0 amide bonds. The van der Waals surface area contributed by atoms with Gasteiger partial charge in [0.2, 0.25) is 0 Å². The van der Waals surface area contributed by atoms with Gasteiger partial charge >= 0.3 is 0 Å². The largest absolute Gasteiger partial charge is 0.303 e. The molecule has 1 aliphatic carbocycles. The molecule has 1 aliphatic heterocycles. The van der Waals surface area contributed by atoms with E-state index >= 15 is 0 Å². The van der Waals surface area contributed by atoms with Crippen molar-refractivity contribution in [1.82, 2.24) is 4.90 Å². The third kappa shape index (κ3) is 2.30. The number of nitrogens with zero attached hydrogens (tertiary/aromatic N) is 1. The van der Waals surface area contributed by atoms with Crippen molar-refractivity contribution in [2.24, 2.45) is 29.6 Å². The first-order valence-corrected chi connectivity index (χ1v) is 7.22. The Labute approximate surface area is 102 Å². The molecule has 0 N–H and O–H groups in total. The third-order valence-electron chi connectivity index (χ3n) is 5.24. The Morgan fingerprint density at radius 3 is 2.31 bits per heavy atom. The van der Waals surface area contributed by atoms with Crippen LogP contribution in [0, 0.1) is 29.6 Å². The summed E-state index contributed by atoms with van der Waals surface area (Å²) in [4.78, 5) is 2.53. The normalized spacial score (nSPS) is 43.5. The summed E-state index contributed by atoms with van der Waals surface area (Å²) >= 11 is 0. The van der Waals surface area contributed by atoms with E-state index in [1.54, 1.807) is 0 Å². The molecule has 2 fully saturated rings. The van der Waals surface area contributed by atoms with Gasteiger partial charge < -0.3 is 4.90 Å². The molecule has 1 heterocycles. The Kier molecular flexibility index (Phi) is 3.63. The lowest BCUT2D eigenvalue weighted by Crippen LogP contribution is -2.52. The first-order chi connectivity index (χ1) is 7.52. The van der Waals surface area contributed by atoms with Gasteiger partial charge in [-0.05, 0) is 49.5 Å². The van der Waals surface area contributed by atoms with Crippen LogP contribution >= 0.6 is 0 Å². The summed E-state index contributed by atoms with van der Waals surface area (Å²) in [5.74, 6) is 4.96. The molecule has 0 aromatic carbocycles. The van der Waals surface area contributed by atoms with Crippen molar-refractivity contribution in [1.29, 1.82) is 0 Å². The van der Waals surface area contributed by atoms with E-state index in [0.29, 0.717) is 0 Å². The summed E-state index contributed by atoms with van der Waals surface area (Å²) in [6.45, 7) is 11.0. The number of hydrogen-bond donors (Lipinski definition) is 0. The predicted octanol–water partition coefficient (Wildman–Crippen LogP) is 3.64. The zero-order valence-electron chi connectivity index (χ0n) is 11.7. The topological polar surface area (TPSA) is 3.24 Å². The average Bonchev–Trinajstić information content (AvgIpc) is 2.84. The van der Waals surface area contributed by atoms with Crippen LogP contribution in [0.2, 0.25) is 0 Å². The highest BCUT2D eigenvalue weighted by Crippen LogP contribution is 2.53. The van der Waals surface area contributed by atoms with Crippen LogP contribution in [-0.2, 0) is 0 Å². The maximum absolute atomic E-state index is 2.53. The van der Waals surface area contributed by atoms with Gasteiger partial charge in [0.15, 0.2) is 0 Å². The van der Waals surface area contributed by atoms with Gasteiger partial charge in [-0.3, -0.25) is 0 Å². The van der Waals surface area contributed by atoms with Crippen LogP contribution in [-0.4, -0.2) is 24.5 Å². The highest BCUT2D eigenvalue weighted by atomic mass is 15.2. The second-order valence-corrected chi connectivity index (χ2v) is 6.76. The van der Waals surface area contributed by atoms with Crippen molar-refractivity contribution in [3.8, 4) is 0 Å². The van der Waals surface area contributed by atoms with Crippen molar-refractivity contribution >= 4 is 0 Å². The van der Waals surface area contributed by atoms with Crippen LogP contribution in [0.1, 0.15) is 47.0 Å². The monoisotopic (exact) mass is 223 g/mol. The summed E-state index contributed by atoms with van der Waals surface area (Å²) in [7, 11) is 2.28. The standard InChI is InChI=1S/C15H29N/c1-10(2)15-12(4)13(15)7-6-8-14-11(3)9-16(14)5/h10-15H,6-9H2,1-5H3. The number of rotatable bonds is 5. The smallest absolute Gasteiger partial charge is 0.0130 e. The molecule has 5 atom stereocenters. The minimum absolute atomic E-state index is 0.895.